The molecule has 0 saturated heterocycles. The van der Waals surface area contributed by atoms with Gasteiger partial charge in [0.1, 0.15) is 0 Å². The van der Waals surface area contributed by atoms with Crippen LogP contribution < -0.4 is 5.32 Å². The Labute approximate surface area is 149 Å². The first-order valence-electron chi connectivity index (χ1n) is 9.71. The predicted molar refractivity (Wildman–Crippen MR) is 103 cm³/mol. The molecule has 0 aliphatic heterocycles. The Morgan fingerprint density at radius 2 is 1.78 bits per heavy atom. The second-order valence-corrected chi connectivity index (χ2v) is 7.43. The molecule has 1 saturated carbocycles. The van der Waals surface area contributed by atoms with E-state index in [1.807, 2.05) is 0 Å². The van der Waals surface area contributed by atoms with Crippen LogP contribution in [0.3, 0.4) is 0 Å². The van der Waals surface area contributed by atoms with Crippen LogP contribution in [0.15, 0.2) is 24.3 Å². The lowest BCUT2D eigenvalue weighted by atomic mass is 9.76. The average Bonchev–Trinajstić information content (AvgIpc) is 2.93. The van der Waals surface area contributed by atoms with Gasteiger partial charge < -0.3 is 5.32 Å². The first-order chi connectivity index (χ1) is 10.9. The van der Waals surface area contributed by atoms with Crippen molar-refractivity contribution in [2.75, 3.05) is 6.54 Å². The van der Waals surface area contributed by atoms with E-state index >= 15 is 0 Å². The van der Waals surface area contributed by atoms with Crippen LogP contribution in [-0.4, -0.2) is 12.6 Å². The Morgan fingerprint density at radius 3 is 2.65 bits per heavy atom. The van der Waals surface area contributed by atoms with E-state index in [0.717, 1.165) is 17.9 Å². The zero-order valence-corrected chi connectivity index (χ0v) is 15.5. The highest BCUT2D eigenvalue weighted by atomic mass is 35.5. The summed E-state index contributed by atoms with van der Waals surface area (Å²) >= 11 is 0. The van der Waals surface area contributed by atoms with Crippen LogP contribution in [0.5, 0.6) is 0 Å². The van der Waals surface area contributed by atoms with Crippen LogP contribution in [0.1, 0.15) is 81.8 Å². The van der Waals surface area contributed by atoms with Gasteiger partial charge in [0, 0.05) is 6.04 Å². The number of fused-ring (bicyclic) bond motifs is 3. The summed E-state index contributed by atoms with van der Waals surface area (Å²) in [6.45, 7) is 3.52. The molecule has 3 rings (SSSR count). The van der Waals surface area contributed by atoms with E-state index < -0.39 is 0 Å². The van der Waals surface area contributed by atoms with E-state index in [2.05, 4.69) is 36.5 Å². The normalized spacial score (nSPS) is 25.5. The van der Waals surface area contributed by atoms with Gasteiger partial charge in [0.15, 0.2) is 0 Å². The molecule has 3 atom stereocenters. The van der Waals surface area contributed by atoms with Gasteiger partial charge in [-0.3, -0.25) is 0 Å². The van der Waals surface area contributed by atoms with Gasteiger partial charge in [-0.2, -0.15) is 0 Å². The molecule has 2 aliphatic rings. The summed E-state index contributed by atoms with van der Waals surface area (Å²) in [6, 6.07) is 9.96. The van der Waals surface area contributed by atoms with Crippen molar-refractivity contribution in [2.24, 2.45) is 5.92 Å². The molecule has 0 bridgehead atoms. The van der Waals surface area contributed by atoms with E-state index in [0.29, 0.717) is 0 Å². The molecule has 1 nitrogen and oxygen atoms in total. The minimum absolute atomic E-state index is 0. The van der Waals surface area contributed by atoms with Gasteiger partial charge in [-0.05, 0) is 55.2 Å². The Balaban J connectivity index is 0.00000192. The third-order valence-electron chi connectivity index (χ3n) is 5.91. The maximum atomic E-state index is 3.92. The Morgan fingerprint density at radius 1 is 1.00 bits per heavy atom. The van der Waals surface area contributed by atoms with E-state index in [4.69, 9.17) is 0 Å². The fraction of sp³-hybridized carbons (Fsp3) is 0.714. The van der Waals surface area contributed by atoms with E-state index in [1.165, 1.54) is 70.8 Å². The smallest absolute Gasteiger partial charge is 0.0104 e. The number of rotatable bonds is 8. The second kappa shape index (κ2) is 9.69. The molecular formula is C21H34ClN. The quantitative estimate of drug-likeness (QED) is 0.586. The van der Waals surface area contributed by atoms with Crippen LogP contribution in [0, 0.1) is 5.92 Å². The molecule has 1 aromatic rings. The van der Waals surface area contributed by atoms with E-state index in [9.17, 15) is 0 Å². The SMILES string of the molecule is CCCCCCCCNC1CCCC2c3ccccc3CC12.Cl. The molecule has 1 N–H and O–H groups in total. The average molecular weight is 336 g/mol. The van der Waals surface area contributed by atoms with Gasteiger partial charge in [0.2, 0.25) is 0 Å². The third kappa shape index (κ3) is 4.73. The third-order valence-corrected chi connectivity index (χ3v) is 5.91. The maximum Gasteiger partial charge on any atom is 0.0104 e. The first kappa shape index (κ1) is 18.8. The van der Waals surface area contributed by atoms with Crippen LogP contribution >= 0.6 is 12.4 Å². The molecule has 1 fully saturated rings. The largest absolute Gasteiger partial charge is 0.314 e. The lowest BCUT2D eigenvalue weighted by molar-refractivity contribution is 0.243. The van der Waals surface area contributed by atoms with Crippen molar-refractivity contribution in [1.29, 1.82) is 0 Å². The summed E-state index contributed by atoms with van der Waals surface area (Å²) in [4.78, 5) is 0. The molecule has 3 unspecified atom stereocenters. The second-order valence-electron chi connectivity index (χ2n) is 7.43. The van der Waals surface area contributed by atoms with Crippen molar-refractivity contribution in [1.82, 2.24) is 5.32 Å². The lowest BCUT2D eigenvalue weighted by Crippen LogP contribution is -2.41. The highest BCUT2D eigenvalue weighted by molar-refractivity contribution is 5.85. The Kier molecular flexibility index (Phi) is 7.92. The highest BCUT2D eigenvalue weighted by Gasteiger charge is 2.39. The molecular weight excluding hydrogens is 302 g/mol. The number of nitrogens with one attached hydrogen (secondary N) is 1. The molecule has 2 aliphatic carbocycles. The van der Waals surface area contributed by atoms with Gasteiger partial charge in [-0.25, -0.2) is 0 Å². The van der Waals surface area contributed by atoms with Crippen molar-refractivity contribution >= 4 is 12.4 Å². The zero-order chi connectivity index (χ0) is 15.2. The van der Waals surface area contributed by atoms with Gasteiger partial charge in [0.05, 0.1) is 0 Å². The first-order valence-corrected chi connectivity index (χ1v) is 9.71. The summed E-state index contributed by atoms with van der Waals surface area (Å²) in [5.41, 5.74) is 3.30. The molecule has 0 heterocycles. The van der Waals surface area contributed by atoms with Gasteiger partial charge in [0.25, 0.3) is 0 Å². The van der Waals surface area contributed by atoms with E-state index in [1.54, 1.807) is 11.1 Å². The van der Waals surface area contributed by atoms with Crippen molar-refractivity contribution < 1.29 is 0 Å². The monoisotopic (exact) mass is 335 g/mol. The Bertz CT molecular complexity index is 459. The van der Waals surface area contributed by atoms with Crippen molar-refractivity contribution in [3.63, 3.8) is 0 Å². The lowest BCUT2D eigenvalue weighted by Gasteiger charge is -2.35. The molecule has 1 aromatic carbocycles. The minimum Gasteiger partial charge on any atom is -0.314 e. The zero-order valence-electron chi connectivity index (χ0n) is 14.7. The standard InChI is InChI=1S/C21H33N.ClH/c1-2-3-4-5-6-9-15-22-21-14-10-13-19-18-12-8-7-11-17(18)16-20(19)21;/h7-8,11-12,19-22H,2-6,9-10,13-16H2,1H3;1H. The molecule has 2 heteroatoms. The fourth-order valence-electron chi connectivity index (χ4n) is 4.72. The van der Waals surface area contributed by atoms with Gasteiger partial charge in [-0.15, -0.1) is 12.4 Å². The molecule has 0 radical (unpaired) electrons. The molecule has 23 heavy (non-hydrogen) atoms. The summed E-state index contributed by atoms with van der Waals surface area (Å²) in [5, 5.41) is 3.92. The van der Waals surface area contributed by atoms with Crippen molar-refractivity contribution in [3.8, 4) is 0 Å². The van der Waals surface area contributed by atoms with Crippen LogP contribution in [0.25, 0.3) is 0 Å². The summed E-state index contributed by atoms with van der Waals surface area (Å²) in [7, 11) is 0. The fourth-order valence-corrected chi connectivity index (χ4v) is 4.72. The predicted octanol–water partition coefficient (Wildman–Crippen LogP) is 5.87. The molecule has 130 valence electrons. The number of unbranched alkanes of at least 4 members (excludes halogenated alkanes) is 5. The summed E-state index contributed by atoms with van der Waals surface area (Å²) < 4.78 is 0. The Hall–Kier alpha value is -0.530. The van der Waals surface area contributed by atoms with Gasteiger partial charge in [-0.1, -0.05) is 69.7 Å². The van der Waals surface area contributed by atoms with Crippen molar-refractivity contribution in [2.45, 2.75) is 83.1 Å². The van der Waals surface area contributed by atoms with Crippen LogP contribution in [-0.2, 0) is 6.42 Å². The minimum atomic E-state index is 0. The number of halogens is 1. The van der Waals surface area contributed by atoms with E-state index in [-0.39, 0.29) is 12.4 Å². The summed E-state index contributed by atoms with van der Waals surface area (Å²) in [6.07, 6.45) is 13.9. The van der Waals surface area contributed by atoms with Crippen LogP contribution in [0.2, 0.25) is 0 Å². The maximum absolute atomic E-state index is 3.92. The highest BCUT2D eigenvalue weighted by Crippen LogP contribution is 2.46. The molecule has 0 aromatic heterocycles. The number of hydrogen-bond acceptors (Lipinski definition) is 1. The van der Waals surface area contributed by atoms with Crippen molar-refractivity contribution in [3.05, 3.63) is 35.4 Å². The topological polar surface area (TPSA) is 12.0 Å². The number of benzene rings is 1. The number of hydrogen-bond donors (Lipinski definition) is 1. The van der Waals surface area contributed by atoms with Gasteiger partial charge >= 0.3 is 0 Å². The summed E-state index contributed by atoms with van der Waals surface area (Å²) in [5.74, 6) is 1.71. The molecule has 0 amide bonds. The van der Waals surface area contributed by atoms with Crippen LogP contribution in [0.4, 0.5) is 0 Å². The molecule has 0 spiro atoms.